The highest BCUT2D eigenvalue weighted by Crippen LogP contribution is 2.41. The van der Waals surface area contributed by atoms with Gasteiger partial charge in [-0.15, -0.1) is 0 Å². The van der Waals surface area contributed by atoms with Crippen molar-refractivity contribution in [2.45, 2.75) is 6.17 Å². The predicted molar refractivity (Wildman–Crippen MR) is 283 cm³/mol. The zero-order valence-electron chi connectivity index (χ0n) is 37.0. The average Bonchev–Trinajstić information content (AvgIpc) is 3.42. The number of benzene rings is 11. The van der Waals surface area contributed by atoms with Gasteiger partial charge in [0.15, 0.2) is 5.84 Å². The van der Waals surface area contributed by atoms with E-state index in [9.17, 15) is 5.26 Å². The summed E-state index contributed by atoms with van der Waals surface area (Å²) in [5, 5.41) is 21.2. The number of aliphatic imine (C=N–C) groups is 2. The molecule has 0 saturated heterocycles. The first kappa shape index (κ1) is 40.3. The fourth-order valence-electron chi connectivity index (χ4n) is 9.86. The lowest BCUT2D eigenvalue weighted by Gasteiger charge is -2.24. The van der Waals surface area contributed by atoms with Gasteiger partial charge < -0.3 is 5.32 Å². The van der Waals surface area contributed by atoms with Crippen molar-refractivity contribution in [1.82, 2.24) is 5.32 Å². The van der Waals surface area contributed by atoms with Crippen LogP contribution in [0, 0.1) is 11.3 Å². The van der Waals surface area contributed by atoms with Crippen molar-refractivity contribution in [2.75, 3.05) is 0 Å². The third-order valence-electron chi connectivity index (χ3n) is 13.2. The molecule has 0 aliphatic carbocycles. The van der Waals surface area contributed by atoms with Crippen molar-refractivity contribution < 1.29 is 0 Å². The molecule has 68 heavy (non-hydrogen) atoms. The van der Waals surface area contributed by atoms with Crippen molar-refractivity contribution >= 4 is 44.0 Å². The van der Waals surface area contributed by atoms with Crippen LogP contribution in [-0.2, 0) is 0 Å². The molecule has 0 amide bonds. The van der Waals surface area contributed by atoms with Crippen molar-refractivity contribution in [3.8, 4) is 61.7 Å². The van der Waals surface area contributed by atoms with E-state index in [1.54, 1.807) is 0 Å². The van der Waals surface area contributed by atoms with Crippen LogP contribution in [0.5, 0.6) is 0 Å². The second kappa shape index (κ2) is 17.3. The molecule has 1 heterocycles. The Labute approximate surface area is 395 Å². The molecule has 0 saturated carbocycles. The van der Waals surface area contributed by atoms with Gasteiger partial charge >= 0.3 is 0 Å². The second-order valence-corrected chi connectivity index (χ2v) is 17.2. The van der Waals surface area contributed by atoms with Gasteiger partial charge in [-0.2, -0.15) is 5.26 Å². The number of rotatable bonds is 8. The minimum absolute atomic E-state index is 0.417. The highest BCUT2D eigenvalue weighted by molar-refractivity contribution is 6.16. The highest BCUT2D eigenvalue weighted by atomic mass is 15.2. The lowest BCUT2D eigenvalue weighted by Crippen LogP contribution is -2.33. The van der Waals surface area contributed by atoms with Gasteiger partial charge in [0.2, 0.25) is 0 Å². The normalized spacial score (nSPS) is 13.4. The fraction of sp³-hybridized carbons (Fsp3) is 0.0156. The molecular weight excluding hydrogens is 825 g/mol. The maximum atomic E-state index is 10.1. The largest absolute Gasteiger partial charge is 0.344 e. The Morgan fingerprint density at radius 1 is 0.368 bits per heavy atom. The van der Waals surface area contributed by atoms with E-state index in [1.165, 1.54) is 49.0 Å². The van der Waals surface area contributed by atoms with Gasteiger partial charge in [-0.25, -0.2) is 9.98 Å². The Hall–Kier alpha value is -9.17. The smallest absolute Gasteiger partial charge is 0.159 e. The number of amidine groups is 2. The van der Waals surface area contributed by atoms with Crippen LogP contribution in [0.15, 0.2) is 253 Å². The summed E-state index contributed by atoms with van der Waals surface area (Å²) in [5.74, 6) is 1.42. The topological polar surface area (TPSA) is 60.5 Å². The summed E-state index contributed by atoms with van der Waals surface area (Å²) in [4.78, 5) is 10.4. The highest BCUT2D eigenvalue weighted by Gasteiger charge is 2.23. The van der Waals surface area contributed by atoms with Gasteiger partial charge in [-0.1, -0.05) is 218 Å². The van der Waals surface area contributed by atoms with Gasteiger partial charge in [0, 0.05) is 11.1 Å². The first-order chi connectivity index (χ1) is 33.6. The molecule has 1 aliphatic heterocycles. The SMILES string of the molecule is N#Cc1ccc(-c2cccc(C3N=C(c4ccccc4)N=C(c4cccc(-c5cccc6ccccc56)c4)N3)c2)c(-c2ccc(-c3ccccc3-c3cccc4ccc5ccccc5c34)cc2)c1. The molecular formula is C64H42N4. The monoisotopic (exact) mass is 866 g/mol. The number of hydrogen-bond acceptors (Lipinski definition) is 4. The number of nitrogens with zero attached hydrogens (tertiary/aromatic N) is 3. The Morgan fingerprint density at radius 3 is 1.74 bits per heavy atom. The van der Waals surface area contributed by atoms with Gasteiger partial charge in [-0.3, -0.25) is 0 Å². The molecule has 0 aromatic heterocycles. The summed E-state index contributed by atoms with van der Waals surface area (Å²) in [5.41, 5.74) is 14.6. The van der Waals surface area contributed by atoms with Crippen LogP contribution >= 0.6 is 0 Å². The first-order valence-corrected chi connectivity index (χ1v) is 23.0. The van der Waals surface area contributed by atoms with Crippen LogP contribution in [0.25, 0.3) is 88.0 Å². The summed E-state index contributed by atoms with van der Waals surface area (Å²) in [6.07, 6.45) is -0.417. The maximum Gasteiger partial charge on any atom is 0.159 e. The van der Waals surface area contributed by atoms with Gasteiger partial charge in [0.25, 0.3) is 0 Å². The van der Waals surface area contributed by atoms with Gasteiger partial charge in [-0.05, 0) is 118 Å². The zero-order chi connectivity index (χ0) is 45.4. The fourth-order valence-corrected chi connectivity index (χ4v) is 9.86. The number of nitriles is 1. The second-order valence-electron chi connectivity index (χ2n) is 17.2. The van der Waals surface area contributed by atoms with Crippen LogP contribution in [0.2, 0.25) is 0 Å². The lowest BCUT2D eigenvalue weighted by atomic mass is 9.88. The quantitative estimate of drug-likeness (QED) is 0.155. The average molecular weight is 867 g/mol. The van der Waals surface area contributed by atoms with E-state index < -0.39 is 6.17 Å². The molecule has 318 valence electrons. The van der Waals surface area contributed by atoms with Gasteiger partial charge in [0.05, 0.1) is 11.6 Å². The van der Waals surface area contributed by atoms with E-state index in [0.29, 0.717) is 11.4 Å². The molecule has 11 aromatic carbocycles. The number of fused-ring (bicyclic) bond motifs is 4. The van der Waals surface area contributed by atoms with E-state index in [1.807, 2.05) is 30.3 Å². The summed E-state index contributed by atoms with van der Waals surface area (Å²) in [7, 11) is 0. The molecule has 12 rings (SSSR count). The van der Waals surface area contributed by atoms with Crippen molar-refractivity contribution in [2.24, 2.45) is 9.98 Å². The van der Waals surface area contributed by atoms with E-state index >= 15 is 0 Å². The Kier molecular flexibility index (Phi) is 10.3. The molecule has 1 aliphatic rings. The lowest BCUT2D eigenvalue weighted by molar-refractivity contribution is 0.674. The minimum Gasteiger partial charge on any atom is -0.344 e. The Balaban J connectivity index is 0.901. The molecule has 11 aromatic rings. The molecule has 0 spiro atoms. The molecule has 4 heteroatoms. The molecule has 1 unspecified atom stereocenters. The van der Waals surface area contributed by atoms with Crippen LogP contribution < -0.4 is 5.32 Å². The summed E-state index contributed by atoms with van der Waals surface area (Å²) in [6.45, 7) is 0. The van der Waals surface area contributed by atoms with E-state index in [4.69, 9.17) is 9.98 Å². The molecule has 0 bridgehead atoms. The molecule has 0 fully saturated rings. The summed E-state index contributed by atoms with van der Waals surface area (Å²) < 4.78 is 0. The van der Waals surface area contributed by atoms with Crippen molar-refractivity contribution in [1.29, 1.82) is 5.26 Å². The summed E-state index contributed by atoms with van der Waals surface area (Å²) >= 11 is 0. The van der Waals surface area contributed by atoms with Crippen LogP contribution in [0.4, 0.5) is 0 Å². The van der Waals surface area contributed by atoms with Crippen LogP contribution in [0.1, 0.15) is 28.4 Å². The first-order valence-electron chi connectivity index (χ1n) is 23.0. The molecule has 1 N–H and O–H groups in total. The van der Waals surface area contributed by atoms with E-state index in [0.717, 1.165) is 61.5 Å². The minimum atomic E-state index is -0.417. The Bertz CT molecular complexity index is 3830. The van der Waals surface area contributed by atoms with Crippen molar-refractivity contribution in [3.63, 3.8) is 0 Å². The van der Waals surface area contributed by atoms with Crippen LogP contribution in [0.3, 0.4) is 0 Å². The summed E-state index contributed by atoms with van der Waals surface area (Å²) in [6, 6.07) is 87.8. The number of hydrogen-bond donors (Lipinski definition) is 1. The zero-order valence-corrected chi connectivity index (χ0v) is 37.0. The maximum absolute atomic E-state index is 10.1. The predicted octanol–water partition coefficient (Wildman–Crippen LogP) is 15.8. The van der Waals surface area contributed by atoms with Gasteiger partial charge in [0.1, 0.15) is 12.0 Å². The van der Waals surface area contributed by atoms with E-state index in [2.05, 4.69) is 224 Å². The van der Waals surface area contributed by atoms with Crippen molar-refractivity contribution in [3.05, 3.63) is 265 Å². The molecule has 1 atom stereocenters. The third kappa shape index (κ3) is 7.49. The van der Waals surface area contributed by atoms with Crippen LogP contribution in [-0.4, -0.2) is 11.7 Å². The molecule has 4 nitrogen and oxygen atoms in total. The standard InChI is InChI=1S/C64H42N4/c65-41-42-30-37-56(60(38-42)46-33-31-45(32-34-46)54-25-8-9-27-58(54)59-29-13-19-47-36-35-44-15-5-7-26-57(44)61(47)59)50-21-11-23-52(40-50)64-67-62(48-16-2-1-3-17-48)66-63(68-64)51-22-10-20-49(39-51)55-28-12-18-43-14-4-6-24-53(43)55/h1-40,64H,(H,66,67,68). The number of nitrogens with one attached hydrogen (secondary N) is 1. The third-order valence-corrected chi connectivity index (χ3v) is 13.2. The van der Waals surface area contributed by atoms with E-state index in [-0.39, 0.29) is 0 Å². The molecule has 0 radical (unpaired) electrons. The Morgan fingerprint density at radius 2 is 0.926 bits per heavy atom.